The average Bonchev–Trinajstić information content (AvgIpc) is 2.74. The Labute approximate surface area is 172 Å². The van der Waals surface area contributed by atoms with Crippen molar-refractivity contribution < 1.29 is 9.94 Å². The third-order valence-corrected chi connectivity index (χ3v) is 5.33. The molecule has 0 bridgehead atoms. The van der Waals surface area contributed by atoms with Gasteiger partial charge in [0.2, 0.25) is 0 Å². The summed E-state index contributed by atoms with van der Waals surface area (Å²) in [6.45, 7) is 6.85. The fraction of sp³-hybridized carbons (Fsp3) is 0.429. The summed E-state index contributed by atoms with van der Waals surface area (Å²) >= 11 is 6.10. The first-order valence-corrected chi connectivity index (χ1v) is 10.1. The maximum Gasteiger partial charge on any atom is 0.0606 e. The van der Waals surface area contributed by atoms with Gasteiger partial charge in [-0.1, -0.05) is 54.1 Å². The minimum absolute atomic E-state index is 0.244. The van der Waals surface area contributed by atoms with Gasteiger partial charge in [-0.25, -0.2) is 5.43 Å². The first kappa shape index (κ1) is 21.2. The van der Waals surface area contributed by atoms with E-state index in [-0.39, 0.29) is 6.04 Å². The van der Waals surface area contributed by atoms with Crippen molar-refractivity contribution in [3.8, 4) is 0 Å². The molecule has 1 heterocycles. The maximum atomic E-state index is 8.44. The fourth-order valence-corrected chi connectivity index (χ4v) is 3.74. The maximum absolute atomic E-state index is 8.44. The second-order valence-electron chi connectivity index (χ2n) is 6.89. The van der Waals surface area contributed by atoms with Crippen LogP contribution < -0.4 is 11.0 Å². The van der Waals surface area contributed by atoms with Gasteiger partial charge in [-0.3, -0.25) is 9.80 Å². The molecule has 2 aromatic rings. The van der Waals surface area contributed by atoms with Crippen LogP contribution in [0.1, 0.15) is 17.2 Å². The highest BCUT2D eigenvalue weighted by Gasteiger charge is 2.26. The summed E-state index contributed by atoms with van der Waals surface area (Å²) in [5.74, 6) is 0. The van der Waals surface area contributed by atoms with Gasteiger partial charge in [-0.2, -0.15) is 0 Å². The molecule has 1 saturated heterocycles. The molecule has 0 radical (unpaired) electrons. The lowest BCUT2D eigenvalue weighted by Crippen LogP contribution is -2.48. The second kappa shape index (κ2) is 11.5. The quantitative estimate of drug-likeness (QED) is 0.418. The predicted molar refractivity (Wildman–Crippen MR) is 111 cm³/mol. The van der Waals surface area contributed by atoms with E-state index in [4.69, 9.17) is 21.5 Å². The number of nitrogens with zero attached hydrogens (tertiary/aromatic N) is 2. The molecule has 152 valence electrons. The molecule has 0 aliphatic carbocycles. The third kappa shape index (κ3) is 6.25. The zero-order valence-corrected chi connectivity index (χ0v) is 16.8. The van der Waals surface area contributed by atoms with Crippen molar-refractivity contribution in [1.82, 2.24) is 20.8 Å². The monoisotopic (exact) mass is 404 g/mol. The van der Waals surface area contributed by atoms with Crippen molar-refractivity contribution in [2.75, 3.05) is 52.5 Å². The highest BCUT2D eigenvalue weighted by atomic mass is 35.5. The topological polar surface area (TPSA) is 60.0 Å². The van der Waals surface area contributed by atoms with Crippen LogP contribution in [0, 0.1) is 0 Å². The normalized spacial score (nSPS) is 16.9. The molecule has 0 unspecified atom stereocenters. The lowest BCUT2D eigenvalue weighted by molar-refractivity contribution is 0.0578. The molecule has 1 aliphatic rings. The van der Waals surface area contributed by atoms with E-state index in [0.717, 1.165) is 37.7 Å². The van der Waals surface area contributed by atoms with Gasteiger partial charge in [-0.15, -0.1) is 5.59 Å². The number of nitrogens with one attached hydrogen (secondary N) is 2. The molecular formula is C21H29ClN4O2. The van der Waals surface area contributed by atoms with Crippen LogP contribution in [-0.2, 0) is 4.74 Å². The fourth-order valence-electron chi connectivity index (χ4n) is 3.61. The number of halogens is 1. The van der Waals surface area contributed by atoms with Crippen LogP contribution in [-0.4, -0.2) is 67.5 Å². The van der Waals surface area contributed by atoms with Crippen LogP contribution >= 0.6 is 11.6 Å². The summed E-state index contributed by atoms with van der Waals surface area (Å²) in [5, 5.41) is 9.21. The Kier molecular flexibility index (Phi) is 8.70. The third-order valence-electron chi connectivity index (χ3n) is 5.08. The van der Waals surface area contributed by atoms with E-state index < -0.39 is 0 Å². The van der Waals surface area contributed by atoms with E-state index in [0.29, 0.717) is 19.8 Å². The summed E-state index contributed by atoms with van der Waals surface area (Å²) in [5.41, 5.74) is 7.08. The number of benzene rings is 2. The van der Waals surface area contributed by atoms with Gasteiger partial charge in [0, 0.05) is 44.3 Å². The van der Waals surface area contributed by atoms with Crippen molar-refractivity contribution >= 4 is 11.6 Å². The number of hydrazine groups is 1. The molecule has 3 rings (SSSR count). The SMILES string of the molecule is ONNCCOCCN1CCN([C@H](c2ccccc2)c2ccc(Cl)cc2)CC1. The van der Waals surface area contributed by atoms with E-state index in [2.05, 4.69) is 57.7 Å². The van der Waals surface area contributed by atoms with Crippen LogP contribution in [0.25, 0.3) is 0 Å². The van der Waals surface area contributed by atoms with Gasteiger partial charge < -0.3 is 9.94 Å². The van der Waals surface area contributed by atoms with E-state index in [1.807, 2.05) is 17.7 Å². The number of rotatable bonds is 10. The molecule has 0 saturated carbocycles. The molecular weight excluding hydrogens is 376 g/mol. The number of hydrogen-bond donors (Lipinski definition) is 3. The van der Waals surface area contributed by atoms with E-state index in [1.165, 1.54) is 11.1 Å². The zero-order valence-electron chi connectivity index (χ0n) is 16.1. The summed E-state index contributed by atoms with van der Waals surface area (Å²) in [7, 11) is 0. The summed E-state index contributed by atoms with van der Waals surface area (Å²) < 4.78 is 5.58. The average molecular weight is 405 g/mol. The van der Waals surface area contributed by atoms with Crippen molar-refractivity contribution in [3.63, 3.8) is 0 Å². The largest absolute Gasteiger partial charge is 0.379 e. The van der Waals surface area contributed by atoms with Crippen LogP contribution in [0.15, 0.2) is 54.6 Å². The lowest BCUT2D eigenvalue weighted by Gasteiger charge is -2.39. The number of ether oxygens (including phenoxy) is 1. The second-order valence-corrected chi connectivity index (χ2v) is 7.33. The molecule has 1 fully saturated rings. The molecule has 0 amide bonds. The molecule has 6 nitrogen and oxygen atoms in total. The highest BCUT2D eigenvalue weighted by Crippen LogP contribution is 2.30. The van der Waals surface area contributed by atoms with E-state index in [9.17, 15) is 0 Å². The minimum Gasteiger partial charge on any atom is -0.379 e. The molecule has 2 aromatic carbocycles. The molecule has 3 N–H and O–H groups in total. The van der Waals surface area contributed by atoms with Crippen molar-refractivity contribution in [2.45, 2.75) is 6.04 Å². The summed E-state index contributed by atoms with van der Waals surface area (Å²) in [6, 6.07) is 19.1. The van der Waals surface area contributed by atoms with Crippen LogP contribution in [0.5, 0.6) is 0 Å². The summed E-state index contributed by atoms with van der Waals surface area (Å²) in [4.78, 5) is 4.99. The summed E-state index contributed by atoms with van der Waals surface area (Å²) in [6.07, 6.45) is 0. The minimum atomic E-state index is 0.244. The lowest BCUT2D eigenvalue weighted by atomic mass is 9.96. The first-order chi connectivity index (χ1) is 13.8. The van der Waals surface area contributed by atoms with Crippen LogP contribution in [0.4, 0.5) is 0 Å². The van der Waals surface area contributed by atoms with E-state index in [1.54, 1.807) is 0 Å². The Hall–Kier alpha value is -1.51. The van der Waals surface area contributed by atoms with Gasteiger partial charge in [-0.05, 0) is 23.3 Å². The van der Waals surface area contributed by atoms with Crippen LogP contribution in [0.3, 0.4) is 0 Å². The number of piperazine rings is 1. The molecule has 7 heteroatoms. The van der Waals surface area contributed by atoms with Gasteiger partial charge in [0.1, 0.15) is 0 Å². The van der Waals surface area contributed by atoms with E-state index >= 15 is 0 Å². The smallest absolute Gasteiger partial charge is 0.0606 e. The molecule has 1 aliphatic heterocycles. The van der Waals surface area contributed by atoms with Gasteiger partial charge in [0.15, 0.2) is 0 Å². The highest BCUT2D eigenvalue weighted by molar-refractivity contribution is 6.30. The van der Waals surface area contributed by atoms with Crippen molar-refractivity contribution in [2.24, 2.45) is 0 Å². The Balaban J connectivity index is 1.55. The predicted octanol–water partition coefficient (Wildman–Crippen LogP) is 2.55. The Morgan fingerprint density at radius 1 is 0.929 bits per heavy atom. The van der Waals surface area contributed by atoms with Crippen molar-refractivity contribution in [1.29, 1.82) is 0 Å². The van der Waals surface area contributed by atoms with Crippen molar-refractivity contribution in [3.05, 3.63) is 70.7 Å². The Morgan fingerprint density at radius 2 is 1.61 bits per heavy atom. The standard InChI is InChI=1S/C21H29ClN4O2/c22-20-8-6-19(7-9-20)21(18-4-2-1-3-5-18)26-13-11-25(12-14-26)15-17-28-16-10-23-24-27/h1-9,21,23-24,27H,10-17H2/t21-/m1/s1. The molecule has 0 aromatic heterocycles. The molecule has 28 heavy (non-hydrogen) atoms. The Morgan fingerprint density at radius 3 is 2.29 bits per heavy atom. The zero-order chi connectivity index (χ0) is 19.6. The molecule has 1 atom stereocenters. The molecule has 0 spiro atoms. The van der Waals surface area contributed by atoms with Gasteiger partial charge in [0.05, 0.1) is 19.3 Å². The van der Waals surface area contributed by atoms with Gasteiger partial charge in [0.25, 0.3) is 0 Å². The van der Waals surface area contributed by atoms with Gasteiger partial charge >= 0.3 is 0 Å². The Bertz CT molecular complexity index is 679. The first-order valence-electron chi connectivity index (χ1n) is 9.74. The van der Waals surface area contributed by atoms with Crippen LogP contribution in [0.2, 0.25) is 5.02 Å². The number of hydrogen-bond acceptors (Lipinski definition) is 6.